The van der Waals surface area contributed by atoms with Crippen LogP contribution in [0.3, 0.4) is 0 Å². The van der Waals surface area contributed by atoms with Crippen LogP contribution in [-0.4, -0.2) is 12.6 Å². The molecular weight excluding hydrogens is 218 g/mol. The summed E-state index contributed by atoms with van der Waals surface area (Å²) in [5, 5.41) is 3.75. The maximum Gasteiger partial charge on any atom is 0.0102 e. The van der Waals surface area contributed by atoms with E-state index in [2.05, 4.69) is 36.5 Å². The van der Waals surface area contributed by atoms with Crippen molar-refractivity contribution in [3.8, 4) is 0 Å². The number of benzene rings is 1. The average molecular weight is 243 g/mol. The Balaban J connectivity index is 1.54. The molecule has 3 unspecified atom stereocenters. The summed E-state index contributed by atoms with van der Waals surface area (Å²) in [6.07, 6.45) is 8.13. The normalized spacial score (nSPS) is 30.6. The highest BCUT2D eigenvalue weighted by atomic mass is 15.0. The summed E-state index contributed by atoms with van der Waals surface area (Å²) in [4.78, 5) is 0. The molecule has 1 aliphatic carbocycles. The lowest BCUT2D eigenvalue weighted by Crippen LogP contribution is -2.27. The van der Waals surface area contributed by atoms with Crippen LogP contribution in [0.25, 0.3) is 0 Å². The van der Waals surface area contributed by atoms with Crippen LogP contribution in [0.2, 0.25) is 0 Å². The van der Waals surface area contributed by atoms with Gasteiger partial charge in [-0.15, -0.1) is 0 Å². The molecule has 0 aromatic heterocycles. The van der Waals surface area contributed by atoms with Crippen LogP contribution in [0.1, 0.15) is 43.7 Å². The van der Waals surface area contributed by atoms with Crippen LogP contribution < -0.4 is 5.32 Å². The van der Waals surface area contributed by atoms with Gasteiger partial charge in [0.25, 0.3) is 0 Å². The van der Waals surface area contributed by atoms with Crippen molar-refractivity contribution >= 4 is 0 Å². The summed E-state index contributed by atoms with van der Waals surface area (Å²) in [5.41, 5.74) is 2.96. The molecule has 0 amide bonds. The fraction of sp³-hybridized carbons (Fsp3) is 0.647. The molecule has 0 radical (unpaired) electrons. The van der Waals surface area contributed by atoms with Gasteiger partial charge in [0, 0.05) is 6.04 Å². The molecule has 98 valence electrons. The lowest BCUT2D eigenvalue weighted by Gasteiger charge is -2.18. The van der Waals surface area contributed by atoms with Gasteiger partial charge in [0.05, 0.1) is 0 Å². The molecule has 1 aromatic rings. The Bertz CT molecular complexity index is 381. The molecule has 3 rings (SSSR count). The van der Waals surface area contributed by atoms with E-state index < -0.39 is 0 Å². The standard InChI is InChI=1S/C17H25N/c1-2-13-6-8-14(9-7-13)10-11-17-16-5-3-4-15(16)12-18-17/h6-9,15-18H,2-5,10-12H2,1H3. The third kappa shape index (κ3) is 2.47. The van der Waals surface area contributed by atoms with Gasteiger partial charge in [0.2, 0.25) is 0 Å². The SMILES string of the molecule is CCc1ccc(CCC2NCC3CCCC32)cc1. The van der Waals surface area contributed by atoms with E-state index >= 15 is 0 Å². The zero-order valence-corrected chi connectivity index (χ0v) is 11.5. The van der Waals surface area contributed by atoms with Gasteiger partial charge >= 0.3 is 0 Å². The number of fused-ring (bicyclic) bond motifs is 1. The fourth-order valence-electron chi connectivity index (χ4n) is 3.88. The second kappa shape index (κ2) is 5.44. The smallest absolute Gasteiger partial charge is 0.0102 e. The Morgan fingerprint density at radius 2 is 1.89 bits per heavy atom. The summed E-state index contributed by atoms with van der Waals surface area (Å²) in [6, 6.07) is 10.0. The quantitative estimate of drug-likeness (QED) is 0.852. The molecule has 3 atom stereocenters. The minimum absolute atomic E-state index is 0.795. The predicted octanol–water partition coefficient (Wildman–Crippen LogP) is 3.57. The molecule has 1 saturated carbocycles. The highest BCUT2D eigenvalue weighted by molar-refractivity contribution is 5.22. The maximum atomic E-state index is 3.75. The molecule has 1 saturated heterocycles. The van der Waals surface area contributed by atoms with E-state index in [9.17, 15) is 0 Å². The van der Waals surface area contributed by atoms with Gasteiger partial charge in [-0.05, 0) is 61.6 Å². The summed E-state index contributed by atoms with van der Waals surface area (Å²) in [5.74, 6) is 1.98. The van der Waals surface area contributed by atoms with Gasteiger partial charge in [0.1, 0.15) is 0 Å². The van der Waals surface area contributed by atoms with Crippen molar-refractivity contribution in [2.75, 3.05) is 6.54 Å². The zero-order valence-electron chi connectivity index (χ0n) is 11.5. The van der Waals surface area contributed by atoms with Crippen LogP contribution in [0.4, 0.5) is 0 Å². The van der Waals surface area contributed by atoms with Gasteiger partial charge in [-0.2, -0.15) is 0 Å². The highest BCUT2D eigenvalue weighted by Gasteiger charge is 2.38. The second-order valence-corrected chi connectivity index (χ2v) is 6.08. The van der Waals surface area contributed by atoms with Crippen LogP contribution in [0.5, 0.6) is 0 Å². The second-order valence-electron chi connectivity index (χ2n) is 6.08. The molecular formula is C17H25N. The van der Waals surface area contributed by atoms with Crippen LogP contribution in [-0.2, 0) is 12.8 Å². The van der Waals surface area contributed by atoms with Gasteiger partial charge in [0.15, 0.2) is 0 Å². The minimum Gasteiger partial charge on any atom is -0.313 e. The molecule has 0 spiro atoms. The predicted molar refractivity (Wildman–Crippen MR) is 76.8 cm³/mol. The van der Waals surface area contributed by atoms with E-state index in [1.165, 1.54) is 49.8 Å². The summed E-state index contributed by atoms with van der Waals surface area (Å²) in [6.45, 7) is 3.50. The van der Waals surface area contributed by atoms with Crippen molar-refractivity contribution in [1.29, 1.82) is 0 Å². The lowest BCUT2D eigenvalue weighted by atomic mass is 9.90. The Kier molecular flexibility index (Phi) is 3.69. The third-order valence-corrected chi connectivity index (χ3v) is 5.05. The molecule has 1 heteroatoms. The molecule has 2 fully saturated rings. The minimum atomic E-state index is 0.795. The largest absolute Gasteiger partial charge is 0.313 e. The maximum absolute atomic E-state index is 3.75. The first-order valence-electron chi connectivity index (χ1n) is 7.68. The molecule has 1 aliphatic heterocycles. The first-order chi connectivity index (χ1) is 8.86. The van der Waals surface area contributed by atoms with Crippen molar-refractivity contribution in [2.24, 2.45) is 11.8 Å². The molecule has 1 nitrogen and oxygen atoms in total. The molecule has 18 heavy (non-hydrogen) atoms. The topological polar surface area (TPSA) is 12.0 Å². The van der Waals surface area contributed by atoms with Crippen molar-refractivity contribution in [2.45, 2.75) is 51.5 Å². The third-order valence-electron chi connectivity index (χ3n) is 5.05. The van der Waals surface area contributed by atoms with Crippen LogP contribution >= 0.6 is 0 Å². The van der Waals surface area contributed by atoms with E-state index in [4.69, 9.17) is 0 Å². The molecule has 1 heterocycles. The summed E-state index contributed by atoms with van der Waals surface area (Å²) < 4.78 is 0. The Labute approximate surface area is 111 Å². The number of aryl methyl sites for hydroxylation is 2. The van der Waals surface area contributed by atoms with E-state index in [1.807, 2.05) is 0 Å². The Morgan fingerprint density at radius 3 is 2.67 bits per heavy atom. The Morgan fingerprint density at radius 1 is 1.11 bits per heavy atom. The molecule has 1 aromatic carbocycles. The van der Waals surface area contributed by atoms with Gasteiger partial charge in [-0.1, -0.05) is 37.6 Å². The Hall–Kier alpha value is -0.820. The molecule has 2 aliphatic rings. The van der Waals surface area contributed by atoms with Gasteiger partial charge in [-0.3, -0.25) is 0 Å². The van der Waals surface area contributed by atoms with Crippen molar-refractivity contribution in [3.63, 3.8) is 0 Å². The number of rotatable bonds is 4. The number of hydrogen-bond donors (Lipinski definition) is 1. The number of hydrogen-bond acceptors (Lipinski definition) is 1. The summed E-state index contributed by atoms with van der Waals surface area (Å²) >= 11 is 0. The fourth-order valence-corrected chi connectivity index (χ4v) is 3.88. The van der Waals surface area contributed by atoms with Gasteiger partial charge in [-0.25, -0.2) is 0 Å². The monoisotopic (exact) mass is 243 g/mol. The average Bonchev–Trinajstić information content (AvgIpc) is 3.00. The first-order valence-corrected chi connectivity index (χ1v) is 7.68. The van der Waals surface area contributed by atoms with Crippen LogP contribution in [0.15, 0.2) is 24.3 Å². The van der Waals surface area contributed by atoms with Crippen molar-refractivity contribution < 1.29 is 0 Å². The van der Waals surface area contributed by atoms with Crippen LogP contribution in [0, 0.1) is 11.8 Å². The molecule has 0 bridgehead atoms. The lowest BCUT2D eigenvalue weighted by molar-refractivity contribution is 0.393. The van der Waals surface area contributed by atoms with E-state index in [1.54, 1.807) is 0 Å². The van der Waals surface area contributed by atoms with Crippen molar-refractivity contribution in [3.05, 3.63) is 35.4 Å². The highest BCUT2D eigenvalue weighted by Crippen LogP contribution is 2.38. The first kappa shape index (κ1) is 12.2. The molecule has 1 N–H and O–H groups in total. The van der Waals surface area contributed by atoms with E-state index in [-0.39, 0.29) is 0 Å². The van der Waals surface area contributed by atoms with Gasteiger partial charge < -0.3 is 5.32 Å². The van der Waals surface area contributed by atoms with E-state index in [0.29, 0.717) is 0 Å². The summed E-state index contributed by atoms with van der Waals surface area (Å²) in [7, 11) is 0. The van der Waals surface area contributed by atoms with Crippen molar-refractivity contribution in [1.82, 2.24) is 5.32 Å². The number of nitrogens with one attached hydrogen (secondary N) is 1. The zero-order chi connectivity index (χ0) is 12.4. The van der Waals surface area contributed by atoms with E-state index in [0.717, 1.165) is 24.3 Å².